The van der Waals surface area contributed by atoms with Crippen LogP contribution in [0.5, 0.6) is 0 Å². The third kappa shape index (κ3) is 5.27. The Bertz CT molecular complexity index is 1240. The van der Waals surface area contributed by atoms with Crippen molar-refractivity contribution < 1.29 is 22.4 Å². The Morgan fingerprint density at radius 2 is 1.67 bits per heavy atom. The summed E-state index contributed by atoms with van der Waals surface area (Å²) in [5.74, 6) is -0.962. The first-order valence-corrected chi connectivity index (χ1v) is 12.2. The number of halogens is 1. The van der Waals surface area contributed by atoms with E-state index in [0.29, 0.717) is 29.2 Å². The van der Waals surface area contributed by atoms with Crippen LogP contribution in [-0.4, -0.2) is 37.6 Å². The van der Waals surface area contributed by atoms with Gasteiger partial charge in [0.2, 0.25) is 15.9 Å². The van der Waals surface area contributed by atoms with Gasteiger partial charge < -0.3 is 15.1 Å². The molecule has 2 N–H and O–H groups in total. The maximum absolute atomic E-state index is 12.9. The molecule has 0 saturated carbocycles. The van der Waals surface area contributed by atoms with Crippen LogP contribution < -0.4 is 10.6 Å². The molecule has 0 bridgehead atoms. The van der Waals surface area contributed by atoms with E-state index in [4.69, 9.17) is 16.0 Å². The van der Waals surface area contributed by atoms with Crippen molar-refractivity contribution in [1.82, 2.24) is 4.31 Å². The average Bonchev–Trinajstić information content (AvgIpc) is 3.37. The number of furan rings is 1. The first-order valence-electron chi connectivity index (χ1n) is 10.3. The van der Waals surface area contributed by atoms with Gasteiger partial charge in [0.15, 0.2) is 5.76 Å². The first-order chi connectivity index (χ1) is 15.8. The SMILES string of the molecule is O=C(Nc1cc(Cl)ccc1NC(=O)C1CCN(S(=O)(=O)c2ccccc2)CC1)c1ccco1. The minimum Gasteiger partial charge on any atom is -0.459 e. The Labute approximate surface area is 196 Å². The van der Waals surface area contributed by atoms with Crippen LogP contribution in [0.25, 0.3) is 0 Å². The lowest BCUT2D eigenvalue weighted by Crippen LogP contribution is -2.41. The van der Waals surface area contributed by atoms with E-state index in [1.54, 1.807) is 48.5 Å². The van der Waals surface area contributed by atoms with E-state index in [1.165, 1.54) is 22.7 Å². The van der Waals surface area contributed by atoms with Crippen LogP contribution in [0.1, 0.15) is 23.4 Å². The van der Waals surface area contributed by atoms with Gasteiger partial charge in [-0.15, -0.1) is 0 Å². The van der Waals surface area contributed by atoms with Crippen molar-refractivity contribution in [2.75, 3.05) is 23.7 Å². The predicted octanol–water partition coefficient (Wildman–Crippen LogP) is 4.22. The van der Waals surface area contributed by atoms with Gasteiger partial charge in [-0.2, -0.15) is 4.31 Å². The third-order valence-electron chi connectivity index (χ3n) is 5.44. The molecule has 33 heavy (non-hydrogen) atoms. The lowest BCUT2D eigenvalue weighted by Gasteiger charge is -2.30. The van der Waals surface area contributed by atoms with Gasteiger partial charge >= 0.3 is 0 Å². The summed E-state index contributed by atoms with van der Waals surface area (Å²) in [6, 6.07) is 16.1. The molecule has 1 aliphatic heterocycles. The number of carbonyl (C=O) groups excluding carboxylic acids is 2. The highest BCUT2D eigenvalue weighted by Gasteiger charge is 2.32. The Morgan fingerprint density at radius 3 is 2.33 bits per heavy atom. The second kappa shape index (κ2) is 9.78. The summed E-state index contributed by atoms with van der Waals surface area (Å²) in [6.07, 6.45) is 2.17. The largest absolute Gasteiger partial charge is 0.459 e. The molecule has 1 saturated heterocycles. The summed E-state index contributed by atoms with van der Waals surface area (Å²) in [6.45, 7) is 0.496. The van der Waals surface area contributed by atoms with Gasteiger partial charge in [-0.25, -0.2) is 8.42 Å². The minimum absolute atomic E-state index is 0.124. The quantitative estimate of drug-likeness (QED) is 0.541. The number of nitrogens with one attached hydrogen (secondary N) is 2. The Morgan fingerprint density at radius 1 is 0.939 bits per heavy atom. The monoisotopic (exact) mass is 487 g/mol. The van der Waals surface area contributed by atoms with Crippen LogP contribution in [0.4, 0.5) is 11.4 Å². The molecule has 2 amide bonds. The van der Waals surface area contributed by atoms with Gasteiger partial charge in [-0.3, -0.25) is 9.59 Å². The molecule has 0 spiro atoms. The van der Waals surface area contributed by atoms with Crippen LogP contribution in [0.3, 0.4) is 0 Å². The molecule has 172 valence electrons. The highest BCUT2D eigenvalue weighted by molar-refractivity contribution is 7.89. The summed E-state index contributed by atoms with van der Waals surface area (Å²) in [4.78, 5) is 25.5. The van der Waals surface area contributed by atoms with Gasteiger partial charge in [0.1, 0.15) is 0 Å². The number of hydrogen-bond acceptors (Lipinski definition) is 5. The molecule has 4 rings (SSSR count). The van der Waals surface area contributed by atoms with Crippen molar-refractivity contribution >= 4 is 44.8 Å². The number of anilines is 2. The molecule has 8 nitrogen and oxygen atoms in total. The van der Waals surface area contributed by atoms with Crippen LogP contribution in [-0.2, 0) is 14.8 Å². The summed E-state index contributed by atoms with van der Waals surface area (Å²) < 4.78 is 32.1. The van der Waals surface area contributed by atoms with Gasteiger partial charge in [-0.05, 0) is 55.3 Å². The van der Waals surface area contributed by atoms with Crippen LogP contribution in [0.2, 0.25) is 5.02 Å². The maximum Gasteiger partial charge on any atom is 0.291 e. The van der Waals surface area contributed by atoms with Gasteiger partial charge in [-0.1, -0.05) is 29.8 Å². The zero-order valence-corrected chi connectivity index (χ0v) is 19.1. The van der Waals surface area contributed by atoms with E-state index in [0.717, 1.165) is 0 Å². The molecule has 1 aromatic heterocycles. The topological polar surface area (TPSA) is 109 Å². The molecule has 0 radical (unpaired) electrons. The fourth-order valence-electron chi connectivity index (χ4n) is 3.66. The summed E-state index contributed by atoms with van der Waals surface area (Å²) in [7, 11) is -3.59. The van der Waals surface area contributed by atoms with E-state index >= 15 is 0 Å². The summed E-state index contributed by atoms with van der Waals surface area (Å²) in [5.41, 5.74) is 0.727. The molecular formula is C23H22ClN3O5S. The average molecular weight is 488 g/mol. The zero-order valence-electron chi connectivity index (χ0n) is 17.5. The Balaban J connectivity index is 1.41. The number of sulfonamides is 1. The van der Waals surface area contributed by atoms with Crippen molar-refractivity contribution in [1.29, 1.82) is 0 Å². The second-order valence-corrected chi connectivity index (χ2v) is 9.98. The van der Waals surface area contributed by atoms with Crippen LogP contribution in [0, 0.1) is 5.92 Å². The number of hydrogen-bond donors (Lipinski definition) is 2. The summed E-state index contributed by atoms with van der Waals surface area (Å²) >= 11 is 6.07. The number of rotatable bonds is 6. The molecule has 2 aromatic carbocycles. The van der Waals surface area contributed by atoms with Gasteiger partial charge in [0.05, 0.1) is 22.5 Å². The van der Waals surface area contributed by atoms with E-state index in [2.05, 4.69) is 10.6 Å². The number of piperidine rings is 1. The Kier molecular flexibility index (Phi) is 6.83. The zero-order chi connectivity index (χ0) is 23.4. The van der Waals surface area contributed by atoms with Crippen molar-refractivity contribution in [2.24, 2.45) is 5.92 Å². The highest BCUT2D eigenvalue weighted by Crippen LogP contribution is 2.29. The molecule has 1 fully saturated rings. The Hall–Kier alpha value is -3.14. The number of nitrogens with zero attached hydrogens (tertiary/aromatic N) is 1. The van der Waals surface area contributed by atoms with Crippen molar-refractivity contribution in [3.63, 3.8) is 0 Å². The lowest BCUT2D eigenvalue weighted by molar-refractivity contribution is -0.120. The smallest absolute Gasteiger partial charge is 0.291 e. The molecule has 0 atom stereocenters. The van der Waals surface area contributed by atoms with Crippen LogP contribution >= 0.6 is 11.6 Å². The standard InChI is InChI=1S/C23H22ClN3O5S/c24-17-8-9-19(20(15-17)26-23(29)21-7-4-14-32-21)25-22(28)16-10-12-27(13-11-16)33(30,31)18-5-2-1-3-6-18/h1-9,14-16H,10-13H2,(H,25,28)(H,26,29). The molecule has 1 aliphatic rings. The van der Waals surface area contributed by atoms with Crippen LogP contribution in [0.15, 0.2) is 76.2 Å². The van der Waals surface area contributed by atoms with Crippen molar-refractivity contribution in [3.8, 4) is 0 Å². The molecule has 10 heteroatoms. The fraction of sp³-hybridized carbons (Fsp3) is 0.217. The first kappa shape index (κ1) is 23.0. The van der Waals surface area contributed by atoms with Crippen molar-refractivity contribution in [3.05, 3.63) is 77.7 Å². The fourth-order valence-corrected chi connectivity index (χ4v) is 5.32. The van der Waals surface area contributed by atoms with Gasteiger partial charge in [0, 0.05) is 24.0 Å². The molecule has 2 heterocycles. The lowest BCUT2D eigenvalue weighted by atomic mass is 9.97. The highest BCUT2D eigenvalue weighted by atomic mass is 35.5. The van der Waals surface area contributed by atoms with E-state index in [9.17, 15) is 18.0 Å². The van der Waals surface area contributed by atoms with E-state index < -0.39 is 15.9 Å². The van der Waals surface area contributed by atoms with Crippen molar-refractivity contribution in [2.45, 2.75) is 17.7 Å². The van der Waals surface area contributed by atoms with E-state index in [-0.39, 0.29) is 35.6 Å². The van der Waals surface area contributed by atoms with E-state index in [1.807, 2.05) is 0 Å². The predicted molar refractivity (Wildman–Crippen MR) is 125 cm³/mol. The second-order valence-electron chi connectivity index (χ2n) is 7.60. The normalized spacial score (nSPS) is 15.2. The molecule has 3 aromatic rings. The summed E-state index contributed by atoms with van der Waals surface area (Å²) in [5, 5.41) is 5.91. The minimum atomic E-state index is -3.59. The molecule has 0 aliphatic carbocycles. The number of benzene rings is 2. The number of carbonyl (C=O) groups is 2. The number of amides is 2. The molecular weight excluding hydrogens is 466 g/mol. The maximum atomic E-state index is 12.9. The van der Waals surface area contributed by atoms with Gasteiger partial charge in [0.25, 0.3) is 5.91 Å². The third-order valence-corrected chi connectivity index (χ3v) is 7.59. The molecule has 0 unspecified atom stereocenters.